The van der Waals surface area contributed by atoms with Crippen molar-refractivity contribution >= 4 is 11.6 Å². The second-order valence-corrected chi connectivity index (χ2v) is 6.73. The molecule has 3 nitrogen and oxygen atoms in total. The van der Waals surface area contributed by atoms with E-state index in [1.807, 2.05) is 59.5 Å². The number of para-hydroxylation sites is 1. The Bertz CT molecular complexity index is 785. The first-order valence-corrected chi connectivity index (χ1v) is 8.44. The number of amides is 1. The highest BCUT2D eigenvalue weighted by molar-refractivity contribution is 6.08. The molecule has 1 N–H and O–H groups in total. The van der Waals surface area contributed by atoms with E-state index in [-0.39, 0.29) is 11.8 Å². The summed E-state index contributed by atoms with van der Waals surface area (Å²) >= 11 is 0. The van der Waals surface area contributed by atoms with E-state index in [2.05, 4.69) is 6.58 Å². The van der Waals surface area contributed by atoms with Crippen LogP contribution in [0.25, 0.3) is 0 Å². The van der Waals surface area contributed by atoms with Gasteiger partial charge >= 0.3 is 0 Å². The second kappa shape index (κ2) is 5.60. The smallest absolute Gasteiger partial charge is 0.238 e. The molecular formula is C21H21NO2. The van der Waals surface area contributed by atoms with Crippen molar-refractivity contribution in [3.63, 3.8) is 0 Å². The van der Waals surface area contributed by atoms with Gasteiger partial charge in [-0.15, -0.1) is 6.58 Å². The summed E-state index contributed by atoms with van der Waals surface area (Å²) in [6.07, 6.45) is 2.57. The van der Waals surface area contributed by atoms with Crippen LogP contribution in [0.3, 0.4) is 0 Å². The lowest BCUT2D eigenvalue weighted by molar-refractivity contribution is -0.124. The molecule has 122 valence electrons. The highest BCUT2D eigenvalue weighted by Gasteiger charge is 2.59. The lowest BCUT2D eigenvalue weighted by Crippen LogP contribution is -2.43. The summed E-state index contributed by atoms with van der Waals surface area (Å²) in [6, 6.07) is 18.0. The summed E-state index contributed by atoms with van der Waals surface area (Å²) in [6.45, 7) is 4.45. The van der Waals surface area contributed by atoms with Crippen molar-refractivity contribution in [3.05, 3.63) is 78.4 Å². The van der Waals surface area contributed by atoms with E-state index >= 15 is 0 Å². The van der Waals surface area contributed by atoms with Crippen molar-refractivity contribution in [2.24, 2.45) is 5.92 Å². The van der Waals surface area contributed by atoms with E-state index < -0.39 is 11.5 Å². The molecule has 4 rings (SSSR count). The first-order valence-electron chi connectivity index (χ1n) is 8.44. The molecule has 0 unspecified atom stereocenters. The van der Waals surface area contributed by atoms with Crippen LogP contribution >= 0.6 is 0 Å². The van der Waals surface area contributed by atoms with Gasteiger partial charge in [-0.25, -0.2) is 0 Å². The minimum atomic E-state index is -0.660. The predicted molar refractivity (Wildman–Crippen MR) is 94.7 cm³/mol. The Morgan fingerprint density at radius 3 is 2.62 bits per heavy atom. The van der Waals surface area contributed by atoms with E-state index in [1.54, 1.807) is 6.08 Å². The maximum Gasteiger partial charge on any atom is 0.238 e. The molecule has 24 heavy (non-hydrogen) atoms. The molecule has 1 fully saturated rings. The fourth-order valence-corrected chi connectivity index (χ4v) is 4.45. The molecule has 2 aliphatic rings. The average Bonchev–Trinajstić information content (AvgIpc) is 3.07. The van der Waals surface area contributed by atoms with Gasteiger partial charge in [-0.1, -0.05) is 54.6 Å². The van der Waals surface area contributed by atoms with Gasteiger partial charge in [0.1, 0.15) is 0 Å². The maximum atomic E-state index is 13.5. The number of aliphatic hydroxyl groups is 1. The number of benzene rings is 2. The van der Waals surface area contributed by atoms with Gasteiger partial charge in [-0.05, 0) is 30.0 Å². The molecule has 0 saturated heterocycles. The van der Waals surface area contributed by atoms with Crippen molar-refractivity contribution < 1.29 is 9.90 Å². The first-order chi connectivity index (χ1) is 11.7. The van der Waals surface area contributed by atoms with Crippen LogP contribution in [0.4, 0.5) is 5.69 Å². The van der Waals surface area contributed by atoms with Gasteiger partial charge in [0, 0.05) is 11.6 Å². The Labute approximate surface area is 142 Å². The lowest BCUT2D eigenvalue weighted by Gasteiger charge is -2.30. The van der Waals surface area contributed by atoms with Gasteiger partial charge in [0.2, 0.25) is 5.91 Å². The highest BCUT2D eigenvalue weighted by Crippen LogP contribution is 2.55. The van der Waals surface area contributed by atoms with E-state index in [9.17, 15) is 9.90 Å². The summed E-state index contributed by atoms with van der Waals surface area (Å²) in [5, 5.41) is 10.4. The van der Waals surface area contributed by atoms with Gasteiger partial charge < -0.3 is 10.0 Å². The summed E-state index contributed by atoms with van der Waals surface area (Å²) in [7, 11) is 0. The summed E-state index contributed by atoms with van der Waals surface area (Å²) in [5.74, 6) is -0.138. The number of hydrogen-bond donors (Lipinski definition) is 1. The van der Waals surface area contributed by atoms with E-state index in [1.165, 1.54) is 0 Å². The van der Waals surface area contributed by atoms with Gasteiger partial charge in [0.05, 0.1) is 18.1 Å². The molecule has 0 radical (unpaired) electrons. The van der Waals surface area contributed by atoms with Crippen LogP contribution in [0.2, 0.25) is 0 Å². The molecule has 0 aromatic heterocycles. The van der Waals surface area contributed by atoms with Crippen LogP contribution < -0.4 is 4.90 Å². The van der Waals surface area contributed by atoms with E-state index in [0.29, 0.717) is 19.4 Å². The van der Waals surface area contributed by atoms with Gasteiger partial charge in [0.15, 0.2) is 0 Å². The van der Waals surface area contributed by atoms with Crippen LogP contribution in [0, 0.1) is 5.92 Å². The molecule has 1 saturated carbocycles. The molecule has 3 heteroatoms. The molecule has 1 aliphatic heterocycles. The zero-order valence-corrected chi connectivity index (χ0v) is 13.6. The van der Waals surface area contributed by atoms with Crippen molar-refractivity contribution in [2.45, 2.75) is 30.9 Å². The van der Waals surface area contributed by atoms with Crippen molar-refractivity contribution in [1.82, 2.24) is 0 Å². The fourth-order valence-electron chi connectivity index (χ4n) is 4.45. The SMILES string of the molecule is C=C[C@H]1[C@H](O)CC[C@@]12C(=O)N(Cc1ccccc1)c1ccccc12. The molecule has 1 spiro atoms. The number of carbonyl (C=O) groups is 1. The number of nitrogens with zero attached hydrogens (tertiary/aromatic N) is 1. The first kappa shape index (κ1) is 15.2. The Morgan fingerprint density at radius 1 is 1.17 bits per heavy atom. The molecule has 1 heterocycles. The lowest BCUT2D eigenvalue weighted by atomic mass is 9.72. The summed E-state index contributed by atoms with van der Waals surface area (Å²) in [5.41, 5.74) is 2.44. The van der Waals surface area contributed by atoms with Crippen LogP contribution in [0.1, 0.15) is 24.0 Å². The van der Waals surface area contributed by atoms with Crippen LogP contribution in [-0.2, 0) is 16.8 Å². The van der Waals surface area contributed by atoms with Crippen molar-refractivity contribution in [3.8, 4) is 0 Å². The van der Waals surface area contributed by atoms with Crippen molar-refractivity contribution in [1.29, 1.82) is 0 Å². The number of fused-ring (bicyclic) bond motifs is 2. The maximum absolute atomic E-state index is 13.5. The largest absolute Gasteiger partial charge is 0.392 e. The number of hydrogen-bond acceptors (Lipinski definition) is 2. The number of anilines is 1. The Balaban J connectivity index is 1.82. The van der Waals surface area contributed by atoms with Crippen molar-refractivity contribution in [2.75, 3.05) is 4.90 Å². The summed E-state index contributed by atoms with van der Waals surface area (Å²) in [4.78, 5) is 15.3. The zero-order chi connectivity index (χ0) is 16.7. The minimum absolute atomic E-state index is 0.0917. The Hall–Kier alpha value is -2.39. The molecule has 1 aliphatic carbocycles. The standard InChI is InChI=1S/C21H21NO2/c1-2-16-19(23)12-13-21(16)17-10-6-7-11-18(17)22(20(21)24)14-15-8-4-3-5-9-15/h2-11,16,19,23H,1,12-14H2/t16-,19+,21+/m0/s1. The van der Waals surface area contributed by atoms with Crippen LogP contribution in [0.5, 0.6) is 0 Å². The third-order valence-corrected chi connectivity index (χ3v) is 5.56. The topological polar surface area (TPSA) is 40.5 Å². The van der Waals surface area contributed by atoms with Gasteiger partial charge in [-0.3, -0.25) is 4.79 Å². The molecule has 0 bridgehead atoms. The minimum Gasteiger partial charge on any atom is -0.392 e. The normalized spacial score (nSPS) is 28.4. The molecule has 2 aromatic carbocycles. The van der Waals surface area contributed by atoms with Crippen LogP contribution in [-0.4, -0.2) is 17.1 Å². The van der Waals surface area contributed by atoms with E-state index in [0.717, 1.165) is 16.8 Å². The number of aliphatic hydroxyl groups excluding tert-OH is 1. The van der Waals surface area contributed by atoms with Gasteiger partial charge in [-0.2, -0.15) is 0 Å². The number of rotatable bonds is 3. The summed E-state index contributed by atoms with van der Waals surface area (Å²) < 4.78 is 0. The second-order valence-electron chi connectivity index (χ2n) is 6.73. The van der Waals surface area contributed by atoms with Gasteiger partial charge in [0.25, 0.3) is 0 Å². The highest BCUT2D eigenvalue weighted by atomic mass is 16.3. The Kier molecular flexibility index (Phi) is 3.54. The Morgan fingerprint density at radius 2 is 1.88 bits per heavy atom. The quantitative estimate of drug-likeness (QED) is 0.881. The third kappa shape index (κ3) is 1.98. The third-order valence-electron chi connectivity index (χ3n) is 5.56. The molecule has 1 amide bonds. The fraction of sp³-hybridized carbons (Fsp3) is 0.286. The predicted octanol–water partition coefficient (Wildman–Crippen LogP) is 3.43. The van der Waals surface area contributed by atoms with Crippen LogP contribution in [0.15, 0.2) is 67.3 Å². The molecule has 3 atom stereocenters. The number of carbonyl (C=O) groups excluding carboxylic acids is 1. The monoisotopic (exact) mass is 319 g/mol. The van der Waals surface area contributed by atoms with E-state index in [4.69, 9.17) is 0 Å². The molecular weight excluding hydrogens is 298 g/mol. The zero-order valence-electron chi connectivity index (χ0n) is 13.6. The molecule has 2 aromatic rings. The average molecular weight is 319 g/mol.